The zero-order valence-corrected chi connectivity index (χ0v) is 16.5. The van der Waals surface area contributed by atoms with Crippen LogP contribution in [-0.2, 0) is 14.4 Å². The minimum Gasteiger partial charge on any atom is -0.395 e. The lowest BCUT2D eigenvalue weighted by Gasteiger charge is -2.32. The van der Waals surface area contributed by atoms with E-state index >= 15 is 0 Å². The number of hydrogen-bond acceptors (Lipinski definition) is 4. The number of hydrogen-bond donors (Lipinski definition) is 3. The Morgan fingerprint density at radius 3 is 2.46 bits per heavy atom. The molecule has 5 atom stereocenters. The predicted molar refractivity (Wildman–Crippen MR) is 106 cm³/mol. The third-order valence-electron chi connectivity index (χ3n) is 5.54. The number of anilines is 1. The molecule has 0 spiro atoms. The van der Waals surface area contributed by atoms with Gasteiger partial charge in [-0.25, -0.2) is 0 Å². The first-order chi connectivity index (χ1) is 13.4. The van der Waals surface area contributed by atoms with Crippen molar-refractivity contribution in [3.63, 3.8) is 0 Å². The number of halogens is 1. The molecule has 8 heteroatoms. The van der Waals surface area contributed by atoms with Gasteiger partial charge in [0.2, 0.25) is 17.7 Å². The van der Waals surface area contributed by atoms with Gasteiger partial charge in [0.1, 0.15) is 6.04 Å². The van der Waals surface area contributed by atoms with E-state index in [1.54, 1.807) is 24.3 Å². The molecule has 0 aromatic heterocycles. The van der Waals surface area contributed by atoms with Crippen molar-refractivity contribution in [3.8, 4) is 0 Å². The second-order valence-electron chi connectivity index (χ2n) is 7.18. The van der Waals surface area contributed by atoms with Gasteiger partial charge in [-0.3, -0.25) is 14.4 Å². The highest BCUT2D eigenvalue weighted by molar-refractivity contribution is 6.30. The lowest BCUT2D eigenvalue weighted by molar-refractivity contribution is -0.140. The van der Waals surface area contributed by atoms with Crippen LogP contribution in [0.4, 0.5) is 5.69 Å². The summed E-state index contributed by atoms with van der Waals surface area (Å²) in [4.78, 5) is 40.0. The number of nitrogens with one attached hydrogen (secondary N) is 2. The first-order valence-corrected chi connectivity index (χ1v) is 9.64. The molecule has 2 aliphatic rings. The molecular formula is C20H24ClN3O4. The summed E-state index contributed by atoms with van der Waals surface area (Å²) in [6.07, 6.45) is 3.75. The molecule has 1 aromatic rings. The zero-order chi connectivity index (χ0) is 20.4. The van der Waals surface area contributed by atoms with Crippen molar-refractivity contribution in [2.75, 3.05) is 25.5 Å². The Morgan fingerprint density at radius 2 is 1.86 bits per heavy atom. The van der Waals surface area contributed by atoms with E-state index in [4.69, 9.17) is 11.6 Å². The van der Waals surface area contributed by atoms with E-state index < -0.39 is 23.8 Å². The number of β-amino-alcohol motifs (C(OH)–C–C–N with tert-alkyl or cyclic N) is 1. The molecule has 0 radical (unpaired) electrons. The number of nitrogens with zero attached hydrogens (tertiary/aromatic N) is 1. The van der Waals surface area contributed by atoms with Crippen molar-refractivity contribution in [3.05, 3.63) is 41.4 Å². The van der Waals surface area contributed by atoms with Crippen LogP contribution >= 0.6 is 11.6 Å². The minimum absolute atomic E-state index is 0.0349. The molecule has 1 aromatic carbocycles. The number of rotatable bonds is 5. The van der Waals surface area contributed by atoms with Gasteiger partial charge >= 0.3 is 0 Å². The Morgan fingerprint density at radius 1 is 1.18 bits per heavy atom. The number of aliphatic hydroxyl groups excluding tert-OH is 1. The van der Waals surface area contributed by atoms with E-state index in [1.165, 1.54) is 11.9 Å². The fraction of sp³-hybridized carbons (Fsp3) is 0.450. The Bertz CT molecular complexity index is 795. The molecule has 150 valence electrons. The fourth-order valence-corrected chi connectivity index (χ4v) is 4.38. The molecule has 28 heavy (non-hydrogen) atoms. The normalized spacial score (nSPS) is 28.8. The summed E-state index contributed by atoms with van der Waals surface area (Å²) < 4.78 is 0. The van der Waals surface area contributed by atoms with Crippen molar-refractivity contribution in [2.24, 2.45) is 23.7 Å². The number of benzene rings is 1. The van der Waals surface area contributed by atoms with Crippen LogP contribution in [0.25, 0.3) is 0 Å². The maximum absolute atomic E-state index is 13.1. The topological polar surface area (TPSA) is 98.7 Å². The molecule has 3 N–H and O–H groups in total. The van der Waals surface area contributed by atoms with Crippen molar-refractivity contribution in [2.45, 2.75) is 13.0 Å². The van der Waals surface area contributed by atoms with Crippen LogP contribution in [0, 0.1) is 23.7 Å². The second kappa shape index (κ2) is 8.32. The van der Waals surface area contributed by atoms with Crippen LogP contribution in [0.2, 0.25) is 5.02 Å². The van der Waals surface area contributed by atoms with Gasteiger partial charge < -0.3 is 20.6 Å². The van der Waals surface area contributed by atoms with Gasteiger partial charge in [-0.1, -0.05) is 30.7 Å². The first kappa shape index (κ1) is 20.4. The Hall–Kier alpha value is -2.38. The van der Waals surface area contributed by atoms with Crippen LogP contribution in [0.1, 0.15) is 6.92 Å². The average molecular weight is 406 g/mol. The fourth-order valence-electron chi connectivity index (χ4n) is 4.26. The standard InChI is InChI=1S/C20H24ClN3O4/c1-11-3-8-14-16(15(11)18(26)22-2)20(28)24(9-10-25)17(14)19(27)23-13-6-4-12(21)5-7-13/h3-8,11,14-17,25H,9-10H2,1-2H3,(H,22,26)(H,23,27)/t11-,14+,15-,16-,17+/m1/s1. The summed E-state index contributed by atoms with van der Waals surface area (Å²) in [6, 6.07) is 5.88. The number of amides is 3. The van der Waals surface area contributed by atoms with Crippen molar-refractivity contribution in [1.29, 1.82) is 0 Å². The molecule has 3 rings (SSSR count). The monoisotopic (exact) mass is 405 g/mol. The highest BCUT2D eigenvalue weighted by atomic mass is 35.5. The smallest absolute Gasteiger partial charge is 0.247 e. The Labute approximate surface area is 168 Å². The maximum Gasteiger partial charge on any atom is 0.247 e. The van der Waals surface area contributed by atoms with Crippen LogP contribution in [0.5, 0.6) is 0 Å². The highest BCUT2D eigenvalue weighted by Crippen LogP contribution is 2.44. The number of fused-ring (bicyclic) bond motifs is 1. The lowest BCUT2D eigenvalue weighted by Crippen LogP contribution is -2.45. The third-order valence-corrected chi connectivity index (χ3v) is 5.80. The number of carbonyl (C=O) groups is 3. The predicted octanol–water partition coefficient (Wildman–Crippen LogP) is 1.28. The Kier molecular flexibility index (Phi) is 6.05. The summed E-state index contributed by atoms with van der Waals surface area (Å²) in [6.45, 7) is 1.66. The number of likely N-dealkylation sites (tertiary alicyclic amines) is 1. The average Bonchev–Trinajstić information content (AvgIpc) is 2.95. The largest absolute Gasteiger partial charge is 0.395 e. The number of allylic oxidation sites excluding steroid dienone is 1. The van der Waals surface area contributed by atoms with E-state index in [0.29, 0.717) is 10.7 Å². The van der Waals surface area contributed by atoms with E-state index in [2.05, 4.69) is 10.6 Å². The molecule has 1 saturated heterocycles. The quantitative estimate of drug-likeness (QED) is 0.643. The van der Waals surface area contributed by atoms with Crippen LogP contribution in [0.3, 0.4) is 0 Å². The molecule has 3 amide bonds. The summed E-state index contributed by atoms with van der Waals surface area (Å²) in [5.74, 6) is -2.60. The number of carbonyl (C=O) groups excluding carboxylic acids is 3. The summed E-state index contributed by atoms with van der Waals surface area (Å²) >= 11 is 5.88. The van der Waals surface area contributed by atoms with Crippen LogP contribution in [0.15, 0.2) is 36.4 Å². The van der Waals surface area contributed by atoms with Crippen molar-refractivity contribution < 1.29 is 19.5 Å². The molecular weight excluding hydrogens is 382 g/mol. The van der Waals surface area contributed by atoms with Gasteiger partial charge in [-0.2, -0.15) is 0 Å². The molecule has 0 unspecified atom stereocenters. The van der Waals surface area contributed by atoms with Gasteiger partial charge in [0.15, 0.2) is 0 Å². The summed E-state index contributed by atoms with van der Waals surface area (Å²) in [5, 5.41) is 15.4. The second-order valence-corrected chi connectivity index (χ2v) is 7.62. The van der Waals surface area contributed by atoms with Gasteiger partial charge in [0.05, 0.1) is 18.4 Å². The van der Waals surface area contributed by atoms with Gasteiger partial charge in [0.25, 0.3) is 0 Å². The van der Waals surface area contributed by atoms with E-state index in [-0.39, 0.29) is 36.8 Å². The lowest BCUT2D eigenvalue weighted by atomic mass is 9.70. The van der Waals surface area contributed by atoms with Crippen LogP contribution in [-0.4, -0.2) is 54.0 Å². The Balaban J connectivity index is 1.93. The molecule has 1 fully saturated rings. The van der Waals surface area contributed by atoms with E-state index in [9.17, 15) is 19.5 Å². The molecule has 1 aliphatic carbocycles. The molecule has 1 heterocycles. The SMILES string of the molecule is CNC(=O)[C@H]1[C@@H]2C(=O)N(CCO)[C@H](C(=O)Nc3ccc(Cl)cc3)[C@H]2C=C[C@H]1C. The molecule has 7 nitrogen and oxygen atoms in total. The molecule has 1 aliphatic heterocycles. The third kappa shape index (κ3) is 3.64. The van der Waals surface area contributed by atoms with Gasteiger partial charge in [-0.15, -0.1) is 0 Å². The maximum atomic E-state index is 13.1. The molecule has 0 bridgehead atoms. The van der Waals surface area contributed by atoms with Gasteiger partial charge in [-0.05, 0) is 30.2 Å². The zero-order valence-electron chi connectivity index (χ0n) is 15.8. The number of aliphatic hydroxyl groups is 1. The summed E-state index contributed by atoms with van der Waals surface area (Å²) in [7, 11) is 1.54. The van der Waals surface area contributed by atoms with E-state index in [0.717, 1.165) is 0 Å². The summed E-state index contributed by atoms with van der Waals surface area (Å²) in [5.41, 5.74) is 0.560. The van der Waals surface area contributed by atoms with Crippen molar-refractivity contribution in [1.82, 2.24) is 10.2 Å². The van der Waals surface area contributed by atoms with Crippen LogP contribution < -0.4 is 10.6 Å². The highest BCUT2D eigenvalue weighted by Gasteiger charge is 2.56. The first-order valence-electron chi connectivity index (χ1n) is 9.26. The van der Waals surface area contributed by atoms with E-state index in [1.807, 2.05) is 19.1 Å². The van der Waals surface area contributed by atoms with Gasteiger partial charge in [0, 0.05) is 30.2 Å². The van der Waals surface area contributed by atoms with Crippen molar-refractivity contribution >= 4 is 35.0 Å². The minimum atomic E-state index is -0.795. The molecule has 0 saturated carbocycles.